The SMILES string of the molecule is CCCNS(=O)(=O)c1ccc(CCC(=O)Nc2ccc(C)cc2C)cc1. The van der Waals surface area contributed by atoms with Gasteiger partial charge in [-0.2, -0.15) is 0 Å². The highest BCUT2D eigenvalue weighted by Crippen LogP contribution is 2.17. The molecule has 0 aliphatic carbocycles. The zero-order valence-electron chi connectivity index (χ0n) is 15.5. The van der Waals surface area contributed by atoms with E-state index in [1.54, 1.807) is 24.3 Å². The summed E-state index contributed by atoms with van der Waals surface area (Å²) in [6.45, 7) is 6.31. The first-order valence-electron chi connectivity index (χ1n) is 8.77. The lowest BCUT2D eigenvalue weighted by Crippen LogP contribution is -2.24. The van der Waals surface area contributed by atoms with E-state index in [1.165, 1.54) is 0 Å². The molecule has 0 saturated heterocycles. The van der Waals surface area contributed by atoms with Crippen LogP contribution >= 0.6 is 0 Å². The van der Waals surface area contributed by atoms with Crippen molar-refractivity contribution in [3.05, 3.63) is 59.2 Å². The van der Waals surface area contributed by atoms with Crippen molar-refractivity contribution in [3.8, 4) is 0 Å². The third-order valence-corrected chi connectivity index (χ3v) is 5.55. The Kier molecular flexibility index (Phi) is 6.94. The number of nitrogens with one attached hydrogen (secondary N) is 2. The van der Waals surface area contributed by atoms with Gasteiger partial charge in [0, 0.05) is 18.7 Å². The van der Waals surface area contributed by atoms with Gasteiger partial charge in [0.1, 0.15) is 0 Å². The second-order valence-corrected chi connectivity index (χ2v) is 8.18. The average Bonchev–Trinajstić information content (AvgIpc) is 2.61. The van der Waals surface area contributed by atoms with Gasteiger partial charge < -0.3 is 5.32 Å². The molecule has 6 heteroatoms. The molecule has 0 unspecified atom stereocenters. The quantitative estimate of drug-likeness (QED) is 0.742. The largest absolute Gasteiger partial charge is 0.326 e. The minimum Gasteiger partial charge on any atom is -0.326 e. The number of hydrogen-bond acceptors (Lipinski definition) is 3. The number of hydrogen-bond donors (Lipinski definition) is 2. The summed E-state index contributed by atoms with van der Waals surface area (Å²) in [5, 5.41) is 2.92. The van der Waals surface area contributed by atoms with E-state index in [9.17, 15) is 13.2 Å². The van der Waals surface area contributed by atoms with Crippen LogP contribution in [0.4, 0.5) is 5.69 Å². The van der Waals surface area contributed by atoms with Crippen molar-refractivity contribution in [2.45, 2.75) is 44.9 Å². The van der Waals surface area contributed by atoms with Crippen molar-refractivity contribution in [2.75, 3.05) is 11.9 Å². The molecule has 0 aliphatic rings. The molecule has 0 radical (unpaired) electrons. The van der Waals surface area contributed by atoms with Gasteiger partial charge in [-0.25, -0.2) is 13.1 Å². The third kappa shape index (κ3) is 5.68. The van der Waals surface area contributed by atoms with Crippen LogP contribution in [0.15, 0.2) is 47.4 Å². The zero-order chi connectivity index (χ0) is 19.2. The van der Waals surface area contributed by atoms with Gasteiger partial charge in [-0.15, -0.1) is 0 Å². The minimum absolute atomic E-state index is 0.0572. The van der Waals surface area contributed by atoms with Crippen LogP contribution in [0.3, 0.4) is 0 Å². The molecule has 0 fully saturated rings. The highest BCUT2D eigenvalue weighted by atomic mass is 32.2. The van der Waals surface area contributed by atoms with Crippen molar-refractivity contribution in [1.82, 2.24) is 4.72 Å². The molecule has 0 spiro atoms. The fourth-order valence-corrected chi connectivity index (χ4v) is 3.71. The number of aryl methyl sites for hydroxylation is 3. The number of carbonyl (C=O) groups is 1. The number of amides is 1. The normalized spacial score (nSPS) is 11.3. The van der Waals surface area contributed by atoms with Gasteiger partial charge in [0.2, 0.25) is 15.9 Å². The summed E-state index contributed by atoms with van der Waals surface area (Å²) in [6.07, 6.45) is 1.64. The average molecular weight is 375 g/mol. The van der Waals surface area contributed by atoms with Gasteiger partial charge in [0.25, 0.3) is 0 Å². The van der Waals surface area contributed by atoms with Crippen LogP contribution in [-0.2, 0) is 21.2 Å². The van der Waals surface area contributed by atoms with Gasteiger partial charge in [-0.05, 0) is 56.0 Å². The zero-order valence-corrected chi connectivity index (χ0v) is 16.3. The number of benzene rings is 2. The Balaban J connectivity index is 1.92. The molecule has 0 heterocycles. The molecule has 0 bridgehead atoms. The highest BCUT2D eigenvalue weighted by Gasteiger charge is 2.13. The van der Waals surface area contributed by atoms with E-state index in [2.05, 4.69) is 10.0 Å². The number of anilines is 1. The van der Waals surface area contributed by atoms with E-state index >= 15 is 0 Å². The van der Waals surface area contributed by atoms with E-state index in [0.29, 0.717) is 19.4 Å². The molecule has 2 rings (SSSR count). The molecule has 0 aromatic heterocycles. The molecule has 0 aliphatic heterocycles. The molecular formula is C20H26N2O3S. The molecule has 0 saturated carbocycles. The van der Waals surface area contributed by atoms with Crippen LogP contribution in [-0.4, -0.2) is 20.9 Å². The smallest absolute Gasteiger partial charge is 0.240 e. The number of carbonyl (C=O) groups excluding carboxylic acids is 1. The maximum Gasteiger partial charge on any atom is 0.240 e. The maximum absolute atomic E-state index is 12.2. The van der Waals surface area contributed by atoms with E-state index in [-0.39, 0.29) is 10.8 Å². The first-order valence-corrected chi connectivity index (χ1v) is 10.3. The fraction of sp³-hybridized carbons (Fsp3) is 0.350. The Hall–Kier alpha value is -2.18. The van der Waals surface area contributed by atoms with E-state index in [4.69, 9.17) is 0 Å². The molecule has 140 valence electrons. The summed E-state index contributed by atoms with van der Waals surface area (Å²) in [6, 6.07) is 12.6. The topological polar surface area (TPSA) is 75.3 Å². The Morgan fingerprint density at radius 2 is 1.73 bits per heavy atom. The first kappa shape index (κ1) is 20.1. The maximum atomic E-state index is 12.2. The Bertz CT molecular complexity index is 859. The molecule has 2 aromatic rings. The summed E-state index contributed by atoms with van der Waals surface area (Å²) in [7, 11) is -3.45. The molecule has 1 amide bonds. The predicted molar refractivity (Wildman–Crippen MR) is 105 cm³/mol. The molecular weight excluding hydrogens is 348 g/mol. The Labute approximate surface area is 155 Å². The van der Waals surface area contributed by atoms with E-state index in [0.717, 1.165) is 28.8 Å². The van der Waals surface area contributed by atoms with Crippen molar-refractivity contribution >= 4 is 21.6 Å². The predicted octanol–water partition coefficient (Wildman–Crippen LogP) is 3.56. The monoisotopic (exact) mass is 374 g/mol. The van der Waals surface area contributed by atoms with Crippen LogP contribution in [0.1, 0.15) is 36.5 Å². The minimum atomic E-state index is -3.45. The van der Waals surface area contributed by atoms with Gasteiger partial charge in [-0.3, -0.25) is 4.79 Å². The second kappa shape index (κ2) is 8.96. The van der Waals surface area contributed by atoms with Gasteiger partial charge >= 0.3 is 0 Å². The van der Waals surface area contributed by atoms with E-state index < -0.39 is 10.0 Å². The lowest BCUT2D eigenvalue weighted by Gasteiger charge is -2.10. The first-order chi connectivity index (χ1) is 12.3. The fourth-order valence-electron chi connectivity index (χ4n) is 2.58. The van der Waals surface area contributed by atoms with E-state index in [1.807, 2.05) is 39.0 Å². The van der Waals surface area contributed by atoms with Crippen molar-refractivity contribution in [3.63, 3.8) is 0 Å². The Morgan fingerprint density at radius 3 is 2.35 bits per heavy atom. The number of sulfonamides is 1. The van der Waals surface area contributed by atoms with Crippen LogP contribution in [0.25, 0.3) is 0 Å². The lowest BCUT2D eigenvalue weighted by atomic mass is 10.1. The van der Waals surface area contributed by atoms with Crippen LogP contribution < -0.4 is 10.0 Å². The molecule has 2 N–H and O–H groups in total. The highest BCUT2D eigenvalue weighted by molar-refractivity contribution is 7.89. The van der Waals surface area contributed by atoms with Crippen LogP contribution in [0, 0.1) is 13.8 Å². The second-order valence-electron chi connectivity index (χ2n) is 6.41. The summed E-state index contributed by atoms with van der Waals surface area (Å²) in [5.74, 6) is -0.0572. The van der Waals surface area contributed by atoms with Crippen molar-refractivity contribution in [2.24, 2.45) is 0 Å². The van der Waals surface area contributed by atoms with Crippen molar-refractivity contribution in [1.29, 1.82) is 0 Å². The molecule has 26 heavy (non-hydrogen) atoms. The standard InChI is InChI=1S/C20H26N2O3S/c1-4-13-21-26(24,25)18-9-6-17(7-10-18)8-12-20(23)22-19-11-5-15(2)14-16(19)3/h5-7,9-11,14,21H,4,8,12-13H2,1-3H3,(H,22,23). The molecule has 0 atom stereocenters. The van der Waals surface area contributed by atoms with Gasteiger partial charge in [0.05, 0.1) is 4.90 Å². The summed E-state index contributed by atoms with van der Waals surface area (Å²) >= 11 is 0. The van der Waals surface area contributed by atoms with Crippen molar-refractivity contribution < 1.29 is 13.2 Å². The molecule has 2 aromatic carbocycles. The molecule has 5 nitrogen and oxygen atoms in total. The van der Waals surface area contributed by atoms with Gasteiger partial charge in [-0.1, -0.05) is 36.8 Å². The number of rotatable bonds is 8. The Morgan fingerprint density at radius 1 is 1.04 bits per heavy atom. The van der Waals surface area contributed by atoms with Crippen LogP contribution in [0.5, 0.6) is 0 Å². The lowest BCUT2D eigenvalue weighted by molar-refractivity contribution is -0.116. The van der Waals surface area contributed by atoms with Gasteiger partial charge in [0.15, 0.2) is 0 Å². The summed E-state index contributed by atoms with van der Waals surface area (Å²) in [5.41, 5.74) is 3.94. The van der Waals surface area contributed by atoms with Crippen LogP contribution in [0.2, 0.25) is 0 Å². The third-order valence-electron chi connectivity index (χ3n) is 4.07. The summed E-state index contributed by atoms with van der Waals surface area (Å²) in [4.78, 5) is 12.4. The summed E-state index contributed by atoms with van der Waals surface area (Å²) < 4.78 is 26.6.